The van der Waals surface area contributed by atoms with Crippen LogP contribution in [0.3, 0.4) is 0 Å². The molecule has 0 unspecified atom stereocenters. The van der Waals surface area contributed by atoms with Gasteiger partial charge in [-0.2, -0.15) is 5.26 Å². The summed E-state index contributed by atoms with van der Waals surface area (Å²) in [5, 5.41) is 30.3. The van der Waals surface area contributed by atoms with Crippen molar-refractivity contribution in [3.8, 4) is 11.8 Å². The summed E-state index contributed by atoms with van der Waals surface area (Å²) in [5.41, 5.74) is 0.765. The van der Waals surface area contributed by atoms with Gasteiger partial charge in [-0.15, -0.1) is 0 Å². The molecule has 9 heteroatoms. The molecule has 3 atom stereocenters. The van der Waals surface area contributed by atoms with Crippen molar-refractivity contribution in [2.75, 3.05) is 11.9 Å². The first-order valence-electron chi connectivity index (χ1n) is 8.64. The van der Waals surface area contributed by atoms with E-state index in [-0.39, 0.29) is 23.4 Å². The van der Waals surface area contributed by atoms with E-state index >= 15 is 0 Å². The summed E-state index contributed by atoms with van der Waals surface area (Å²) in [7, 11) is 0. The lowest BCUT2D eigenvalue weighted by atomic mass is 9.79. The van der Waals surface area contributed by atoms with Crippen LogP contribution in [-0.2, 0) is 9.59 Å². The number of hydrogen-bond donors (Lipinski definition) is 3. The van der Waals surface area contributed by atoms with Crippen LogP contribution in [0.2, 0.25) is 0 Å². The second-order valence-corrected chi connectivity index (χ2v) is 6.88. The molecule has 9 nitrogen and oxygen atoms in total. The summed E-state index contributed by atoms with van der Waals surface area (Å²) < 4.78 is 0. The highest BCUT2D eigenvalue weighted by molar-refractivity contribution is 6.04. The minimum Gasteiger partial charge on any atom is -0.508 e. The summed E-state index contributed by atoms with van der Waals surface area (Å²) in [4.78, 5) is 39.7. The van der Waals surface area contributed by atoms with Gasteiger partial charge < -0.3 is 20.4 Å². The molecule has 3 aliphatic rings. The number of aliphatic carboxylic acids is 1. The molecule has 4 rings (SSSR count). The number of nitrogens with one attached hydrogen (secondary N) is 1. The largest absolute Gasteiger partial charge is 0.508 e. The second-order valence-electron chi connectivity index (χ2n) is 6.88. The van der Waals surface area contributed by atoms with Crippen LogP contribution in [0.25, 0.3) is 0 Å². The van der Waals surface area contributed by atoms with Gasteiger partial charge in [-0.3, -0.25) is 9.69 Å². The molecule has 142 valence electrons. The van der Waals surface area contributed by atoms with Crippen molar-refractivity contribution in [3.05, 3.63) is 47.7 Å². The number of likely N-dealkylation sites (tertiary alicyclic amines) is 1. The number of phenolic OH excluding ortho intramolecular Hbond substituents is 1. The molecule has 3 heterocycles. The zero-order valence-corrected chi connectivity index (χ0v) is 14.6. The van der Waals surface area contributed by atoms with Gasteiger partial charge in [-0.25, -0.2) is 9.59 Å². The third kappa shape index (κ3) is 2.58. The number of anilines is 1. The fraction of sp³-hybridized carbons (Fsp3) is 0.263. The molecule has 0 saturated carbocycles. The molecule has 1 aromatic rings. The fourth-order valence-electron chi connectivity index (χ4n) is 4.21. The monoisotopic (exact) mass is 380 g/mol. The highest BCUT2D eigenvalue weighted by atomic mass is 16.4. The zero-order valence-electron chi connectivity index (χ0n) is 14.6. The number of allylic oxidation sites excluding steroid dienone is 3. The topological polar surface area (TPSA) is 134 Å². The fourth-order valence-corrected chi connectivity index (χ4v) is 4.21. The van der Waals surface area contributed by atoms with Gasteiger partial charge in [0.05, 0.1) is 12.1 Å². The van der Waals surface area contributed by atoms with Crippen molar-refractivity contribution in [2.45, 2.75) is 18.5 Å². The minimum absolute atomic E-state index is 0.0697. The number of urea groups is 1. The van der Waals surface area contributed by atoms with Gasteiger partial charge >= 0.3 is 12.0 Å². The number of benzene rings is 1. The number of phenols is 1. The number of carboxylic acid groups (broad SMARTS) is 1. The molecule has 3 amide bonds. The van der Waals surface area contributed by atoms with Crippen molar-refractivity contribution >= 4 is 23.6 Å². The molecule has 0 bridgehead atoms. The SMILES string of the molecule is N#C/C=C\C1=C(C(=O)O)N2C(=O)[C@@H]3[C@H]2[C@H](C1)CN3C(=O)Nc1ccc(O)cc1. The van der Waals surface area contributed by atoms with E-state index in [2.05, 4.69) is 5.32 Å². The van der Waals surface area contributed by atoms with Gasteiger partial charge in [0.2, 0.25) is 0 Å². The number of rotatable bonds is 3. The van der Waals surface area contributed by atoms with E-state index < -0.39 is 23.9 Å². The van der Waals surface area contributed by atoms with Crippen LogP contribution in [0, 0.1) is 17.2 Å². The Morgan fingerprint density at radius 2 is 2.00 bits per heavy atom. The number of nitriles is 1. The number of carbonyl (C=O) groups excluding carboxylic acids is 2. The molecule has 0 radical (unpaired) electrons. The lowest BCUT2D eigenvalue weighted by Gasteiger charge is -2.49. The highest BCUT2D eigenvalue weighted by Crippen LogP contribution is 2.47. The lowest BCUT2D eigenvalue weighted by Crippen LogP contribution is -2.69. The third-order valence-electron chi connectivity index (χ3n) is 5.33. The number of nitrogens with zero attached hydrogens (tertiary/aromatic N) is 3. The van der Waals surface area contributed by atoms with Gasteiger partial charge in [0.1, 0.15) is 17.5 Å². The Hall–Kier alpha value is -3.80. The number of aromatic hydroxyl groups is 1. The predicted octanol–water partition coefficient (Wildman–Crippen LogP) is 1.26. The molecule has 3 aliphatic heterocycles. The summed E-state index contributed by atoms with van der Waals surface area (Å²) in [6, 6.07) is 6.26. The van der Waals surface area contributed by atoms with Crippen LogP contribution in [0.5, 0.6) is 5.75 Å². The molecule has 2 fully saturated rings. The maximum atomic E-state index is 12.7. The normalized spacial score (nSPS) is 25.4. The molecule has 0 aliphatic carbocycles. The Morgan fingerprint density at radius 1 is 1.29 bits per heavy atom. The molecule has 0 aromatic heterocycles. The van der Waals surface area contributed by atoms with E-state index in [1.165, 1.54) is 34.1 Å². The van der Waals surface area contributed by atoms with E-state index in [4.69, 9.17) is 5.26 Å². The Balaban J connectivity index is 1.58. The van der Waals surface area contributed by atoms with Gasteiger partial charge in [0.15, 0.2) is 0 Å². The molecular formula is C19H16N4O5. The summed E-state index contributed by atoms with van der Waals surface area (Å²) in [5.74, 6) is -1.70. The molecule has 1 aromatic carbocycles. The third-order valence-corrected chi connectivity index (χ3v) is 5.33. The first-order chi connectivity index (χ1) is 13.4. The average Bonchev–Trinajstić information content (AvgIpc) is 3.03. The maximum Gasteiger partial charge on any atom is 0.352 e. The Bertz CT molecular complexity index is 975. The Labute approximate surface area is 159 Å². The first kappa shape index (κ1) is 17.6. The first-order valence-corrected chi connectivity index (χ1v) is 8.64. The van der Waals surface area contributed by atoms with Crippen LogP contribution < -0.4 is 5.32 Å². The van der Waals surface area contributed by atoms with Gasteiger partial charge in [-0.05, 0) is 42.3 Å². The van der Waals surface area contributed by atoms with Gasteiger partial charge in [0, 0.05) is 24.2 Å². The van der Waals surface area contributed by atoms with Crippen molar-refractivity contribution < 1.29 is 24.6 Å². The molecule has 28 heavy (non-hydrogen) atoms. The standard InChI is InChI=1S/C19H16N4O5/c20-7-1-2-10-8-11-9-22(19(28)21-12-3-5-13(24)6-4-12)16-14(11)23(17(16)25)15(10)18(26)27/h1-6,11,14,16,24H,8-9H2,(H,21,28)(H,26,27)/b2-1-/t11-,14-,16+/m1/s1. The van der Waals surface area contributed by atoms with E-state index in [1.54, 1.807) is 12.1 Å². The average molecular weight is 380 g/mol. The molecular weight excluding hydrogens is 364 g/mol. The van der Waals surface area contributed by atoms with Crippen LogP contribution in [-0.4, -0.2) is 56.5 Å². The highest BCUT2D eigenvalue weighted by Gasteiger charge is 2.63. The summed E-state index contributed by atoms with van der Waals surface area (Å²) >= 11 is 0. The van der Waals surface area contributed by atoms with Gasteiger partial charge in [-0.1, -0.05) is 0 Å². The number of carbonyl (C=O) groups is 3. The quantitative estimate of drug-likeness (QED) is 0.411. The molecule has 3 N–H and O–H groups in total. The van der Waals surface area contributed by atoms with Gasteiger partial charge in [0.25, 0.3) is 5.91 Å². The zero-order chi connectivity index (χ0) is 20.0. The number of amides is 3. The smallest absolute Gasteiger partial charge is 0.352 e. The molecule has 0 spiro atoms. The minimum atomic E-state index is -1.23. The van der Waals surface area contributed by atoms with Crippen molar-refractivity contribution in [1.82, 2.24) is 9.80 Å². The summed E-state index contributed by atoms with van der Waals surface area (Å²) in [6.45, 7) is 0.304. The maximum absolute atomic E-state index is 12.7. The molecule has 2 saturated heterocycles. The summed E-state index contributed by atoms with van der Waals surface area (Å²) in [6.07, 6.45) is 2.97. The van der Waals surface area contributed by atoms with Crippen LogP contribution in [0.1, 0.15) is 6.42 Å². The lowest BCUT2D eigenvalue weighted by molar-refractivity contribution is -0.155. The van der Waals surface area contributed by atoms with E-state index in [1.807, 2.05) is 6.07 Å². The van der Waals surface area contributed by atoms with E-state index in [9.17, 15) is 24.6 Å². The van der Waals surface area contributed by atoms with Crippen LogP contribution in [0.15, 0.2) is 47.7 Å². The Kier molecular flexibility index (Phi) is 4.04. The number of carboxylic acids is 1. The second kappa shape index (κ2) is 6.42. The Morgan fingerprint density at radius 3 is 2.64 bits per heavy atom. The number of hydrogen-bond acceptors (Lipinski definition) is 5. The van der Waals surface area contributed by atoms with Crippen LogP contribution >= 0.6 is 0 Å². The van der Waals surface area contributed by atoms with E-state index in [0.29, 0.717) is 24.2 Å². The van der Waals surface area contributed by atoms with Crippen molar-refractivity contribution in [1.29, 1.82) is 5.26 Å². The van der Waals surface area contributed by atoms with Crippen molar-refractivity contribution in [2.24, 2.45) is 5.92 Å². The number of β-lactam (4-membered cyclic amide) rings is 1. The van der Waals surface area contributed by atoms with E-state index in [0.717, 1.165) is 0 Å². The van der Waals surface area contributed by atoms with Crippen molar-refractivity contribution in [3.63, 3.8) is 0 Å². The predicted molar refractivity (Wildman–Crippen MR) is 95.8 cm³/mol. The van der Waals surface area contributed by atoms with Crippen LogP contribution in [0.4, 0.5) is 10.5 Å².